The average Bonchev–Trinajstić information content (AvgIpc) is 1.81. The molecule has 0 saturated heterocycles. The fourth-order valence-electron chi connectivity index (χ4n) is 0.536. The van der Waals surface area contributed by atoms with Gasteiger partial charge >= 0.3 is 0 Å². The van der Waals surface area contributed by atoms with Crippen LogP contribution in [0.25, 0.3) is 0 Å². The van der Waals surface area contributed by atoms with Crippen LogP contribution in [0, 0.1) is 5.92 Å². The molecule has 0 aromatic heterocycles. The van der Waals surface area contributed by atoms with Gasteiger partial charge in [0.25, 0.3) is 5.24 Å². The van der Waals surface area contributed by atoms with Gasteiger partial charge in [-0.25, -0.2) is 0 Å². The van der Waals surface area contributed by atoms with Crippen molar-refractivity contribution in [2.45, 2.75) is 13.8 Å². The Morgan fingerprint density at radius 2 is 2.10 bits per heavy atom. The molecule has 0 radical (unpaired) electrons. The van der Waals surface area contributed by atoms with E-state index >= 15 is 0 Å². The molecule has 0 unspecified atom stereocenters. The number of carbonyl (C=O) groups is 1. The summed E-state index contributed by atoms with van der Waals surface area (Å²) in [6.45, 7) is 3.76. The molecule has 0 aliphatic carbocycles. The van der Waals surface area contributed by atoms with E-state index in [2.05, 4.69) is 4.74 Å². The molecule has 3 heteroatoms. The Labute approximate surface area is 65.8 Å². The Kier molecular flexibility index (Phi) is 4.12. The topological polar surface area (TPSA) is 26.3 Å². The second-order valence-corrected chi connectivity index (χ2v) is 2.58. The van der Waals surface area contributed by atoms with E-state index in [4.69, 9.17) is 11.6 Å². The largest absolute Gasteiger partial charge is 0.504 e. The van der Waals surface area contributed by atoms with Gasteiger partial charge in [-0.3, -0.25) is 4.79 Å². The van der Waals surface area contributed by atoms with E-state index in [9.17, 15) is 4.79 Å². The SMILES string of the molecule is CO/C=C(/C(=O)Cl)C(C)C. The molecule has 0 N–H and O–H groups in total. The number of methoxy groups -OCH3 is 1. The molecular weight excluding hydrogens is 152 g/mol. The lowest BCUT2D eigenvalue weighted by Crippen LogP contribution is -2.01. The van der Waals surface area contributed by atoms with Crippen molar-refractivity contribution in [3.63, 3.8) is 0 Å². The first-order chi connectivity index (χ1) is 4.59. The van der Waals surface area contributed by atoms with E-state index in [1.165, 1.54) is 13.4 Å². The summed E-state index contributed by atoms with van der Waals surface area (Å²) in [5, 5.41) is -0.447. The van der Waals surface area contributed by atoms with Gasteiger partial charge in [-0.1, -0.05) is 13.8 Å². The molecule has 0 aliphatic rings. The van der Waals surface area contributed by atoms with Gasteiger partial charge in [0, 0.05) is 5.57 Å². The highest BCUT2D eigenvalue weighted by Gasteiger charge is 2.10. The first-order valence-electron chi connectivity index (χ1n) is 3.02. The van der Waals surface area contributed by atoms with E-state index in [0.717, 1.165) is 0 Å². The second-order valence-electron chi connectivity index (χ2n) is 2.24. The van der Waals surface area contributed by atoms with Crippen LogP contribution in [0.3, 0.4) is 0 Å². The number of rotatable bonds is 3. The Morgan fingerprint density at radius 1 is 1.60 bits per heavy atom. The Bertz CT molecular complexity index is 150. The van der Waals surface area contributed by atoms with Crippen molar-refractivity contribution in [1.29, 1.82) is 0 Å². The van der Waals surface area contributed by atoms with E-state index in [-0.39, 0.29) is 5.92 Å². The van der Waals surface area contributed by atoms with Crippen molar-refractivity contribution in [3.05, 3.63) is 11.8 Å². The lowest BCUT2D eigenvalue weighted by molar-refractivity contribution is -0.109. The Hall–Kier alpha value is -0.500. The summed E-state index contributed by atoms with van der Waals surface area (Å²) in [5.74, 6) is 0.116. The highest BCUT2D eigenvalue weighted by Crippen LogP contribution is 2.12. The zero-order chi connectivity index (χ0) is 8.15. The number of allylic oxidation sites excluding steroid dienone is 1. The van der Waals surface area contributed by atoms with Crippen LogP contribution >= 0.6 is 11.6 Å². The molecule has 0 spiro atoms. The highest BCUT2D eigenvalue weighted by molar-refractivity contribution is 6.67. The lowest BCUT2D eigenvalue weighted by Gasteiger charge is -2.03. The molecule has 58 valence electrons. The Balaban J connectivity index is 4.27. The molecule has 0 aromatic rings. The highest BCUT2D eigenvalue weighted by atomic mass is 35.5. The molecule has 0 saturated carbocycles. The summed E-state index contributed by atoms with van der Waals surface area (Å²) in [6, 6.07) is 0. The lowest BCUT2D eigenvalue weighted by atomic mass is 10.1. The maximum absolute atomic E-state index is 10.6. The van der Waals surface area contributed by atoms with Crippen molar-refractivity contribution in [2.75, 3.05) is 7.11 Å². The molecular formula is C7H11ClO2. The average molecular weight is 163 g/mol. The van der Waals surface area contributed by atoms with Crippen molar-refractivity contribution >= 4 is 16.8 Å². The third-order valence-electron chi connectivity index (χ3n) is 1.09. The molecule has 0 bridgehead atoms. The minimum absolute atomic E-state index is 0.116. The smallest absolute Gasteiger partial charge is 0.251 e. The third-order valence-corrected chi connectivity index (χ3v) is 1.31. The van der Waals surface area contributed by atoms with Crippen LogP contribution in [0.5, 0.6) is 0 Å². The number of hydrogen-bond donors (Lipinski definition) is 0. The van der Waals surface area contributed by atoms with Gasteiger partial charge in [-0.05, 0) is 17.5 Å². The molecule has 0 rings (SSSR count). The zero-order valence-electron chi connectivity index (χ0n) is 6.35. The number of hydrogen-bond acceptors (Lipinski definition) is 2. The normalized spacial score (nSPS) is 11.9. The van der Waals surface area contributed by atoms with Crippen LogP contribution in [-0.2, 0) is 9.53 Å². The minimum atomic E-state index is -0.447. The summed E-state index contributed by atoms with van der Waals surface area (Å²) in [5.41, 5.74) is 0.504. The predicted octanol–water partition coefficient (Wildman–Crippen LogP) is 1.94. The first kappa shape index (κ1) is 9.50. The molecule has 0 atom stereocenters. The van der Waals surface area contributed by atoms with E-state index in [1.54, 1.807) is 0 Å². The number of ether oxygens (including phenoxy) is 1. The third kappa shape index (κ3) is 2.87. The van der Waals surface area contributed by atoms with E-state index < -0.39 is 5.24 Å². The summed E-state index contributed by atoms with van der Waals surface area (Å²) >= 11 is 5.23. The van der Waals surface area contributed by atoms with Gasteiger partial charge in [0.05, 0.1) is 13.4 Å². The van der Waals surface area contributed by atoms with Crippen molar-refractivity contribution in [3.8, 4) is 0 Å². The van der Waals surface area contributed by atoms with Crippen molar-refractivity contribution in [2.24, 2.45) is 5.92 Å². The first-order valence-corrected chi connectivity index (χ1v) is 3.40. The fourth-order valence-corrected chi connectivity index (χ4v) is 0.799. The zero-order valence-corrected chi connectivity index (χ0v) is 7.11. The number of halogens is 1. The van der Waals surface area contributed by atoms with Crippen LogP contribution in [0.15, 0.2) is 11.8 Å². The van der Waals surface area contributed by atoms with Crippen LogP contribution in [0.1, 0.15) is 13.8 Å². The molecule has 2 nitrogen and oxygen atoms in total. The summed E-state index contributed by atoms with van der Waals surface area (Å²) in [7, 11) is 1.49. The van der Waals surface area contributed by atoms with Gasteiger partial charge in [0.15, 0.2) is 0 Å². The fraction of sp³-hybridized carbons (Fsp3) is 0.571. The molecule has 0 aliphatic heterocycles. The number of carbonyl (C=O) groups excluding carboxylic acids is 1. The molecule has 0 aromatic carbocycles. The second kappa shape index (κ2) is 4.34. The summed E-state index contributed by atoms with van der Waals surface area (Å²) in [4.78, 5) is 10.6. The van der Waals surface area contributed by atoms with E-state index in [1.807, 2.05) is 13.8 Å². The summed E-state index contributed by atoms with van der Waals surface area (Å²) < 4.78 is 4.66. The predicted molar refractivity (Wildman–Crippen MR) is 40.8 cm³/mol. The van der Waals surface area contributed by atoms with Crippen LogP contribution in [0.2, 0.25) is 0 Å². The quantitative estimate of drug-likeness (QED) is 0.360. The maximum Gasteiger partial charge on any atom is 0.251 e. The van der Waals surface area contributed by atoms with Gasteiger partial charge in [0.2, 0.25) is 0 Å². The molecule has 10 heavy (non-hydrogen) atoms. The molecule has 0 fully saturated rings. The van der Waals surface area contributed by atoms with Gasteiger partial charge in [-0.2, -0.15) is 0 Å². The van der Waals surface area contributed by atoms with Crippen LogP contribution in [0.4, 0.5) is 0 Å². The van der Waals surface area contributed by atoms with Gasteiger partial charge < -0.3 is 4.74 Å². The van der Waals surface area contributed by atoms with Crippen LogP contribution < -0.4 is 0 Å². The van der Waals surface area contributed by atoms with Crippen molar-refractivity contribution in [1.82, 2.24) is 0 Å². The summed E-state index contributed by atoms with van der Waals surface area (Å²) in [6.07, 6.45) is 1.38. The van der Waals surface area contributed by atoms with Gasteiger partial charge in [-0.15, -0.1) is 0 Å². The molecule has 0 amide bonds. The minimum Gasteiger partial charge on any atom is -0.504 e. The maximum atomic E-state index is 10.6. The monoisotopic (exact) mass is 162 g/mol. The Morgan fingerprint density at radius 3 is 2.20 bits per heavy atom. The van der Waals surface area contributed by atoms with Crippen molar-refractivity contribution < 1.29 is 9.53 Å². The molecule has 0 heterocycles. The van der Waals surface area contributed by atoms with E-state index in [0.29, 0.717) is 5.57 Å². The van der Waals surface area contributed by atoms with Crippen LogP contribution in [-0.4, -0.2) is 12.4 Å². The van der Waals surface area contributed by atoms with Gasteiger partial charge in [0.1, 0.15) is 0 Å². The standard InChI is InChI=1S/C7H11ClO2/c1-5(2)6(4-10-3)7(8)9/h4-5H,1-3H3/b6-4+.